The quantitative estimate of drug-likeness (QED) is 0.735. The molecule has 106 valence electrons. The Hall–Kier alpha value is -0.780. The molecule has 10 heteroatoms. The first-order chi connectivity index (χ1) is 8.67. The van der Waals surface area contributed by atoms with Gasteiger partial charge in [-0.1, -0.05) is 6.08 Å². The van der Waals surface area contributed by atoms with E-state index in [1.165, 1.54) is 6.08 Å². The summed E-state index contributed by atoms with van der Waals surface area (Å²) in [7, 11) is -7.81. The van der Waals surface area contributed by atoms with Gasteiger partial charge in [0.25, 0.3) is 10.0 Å². The number of aliphatic hydroxyl groups excluding tert-OH is 1. The van der Waals surface area contributed by atoms with Gasteiger partial charge in [0.2, 0.25) is 10.0 Å². The molecule has 1 aliphatic heterocycles. The summed E-state index contributed by atoms with van der Waals surface area (Å²) in [6, 6.07) is 1.11. The number of hydrogen-bond acceptors (Lipinski definition) is 6. The van der Waals surface area contributed by atoms with Crippen LogP contribution in [-0.2, 0) is 20.0 Å². The first-order valence-corrected chi connectivity index (χ1v) is 8.94. The number of primary sulfonamides is 1. The number of fused-ring (bicyclic) bond motifs is 1. The maximum atomic E-state index is 12.2. The maximum Gasteiger partial charge on any atom is 0.253 e. The van der Waals surface area contributed by atoms with Crippen LogP contribution in [0.2, 0.25) is 0 Å². The van der Waals surface area contributed by atoms with E-state index in [9.17, 15) is 21.9 Å². The van der Waals surface area contributed by atoms with Crippen molar-refractivity contribution < 1.29 is 21.9 Å². The molecule has 19 heavy (non-hydrogen) atoms. The van der Waals surface area contributed by atoms with Gasteiger partial charge < -0.3 is 5.11 Å². The number of rotatable bonds is 3. The van der Waals surface area contributed by atoms with Crippen molar-refractivity contribution in [3.8, 4) is 0 Å². The molecule has 1 atom stereocenters. The summed E-state index contributed by atoms with van der Waals surface area (Å²) >= 11 is 0.546. The summed E-state index contributed by atoms with van der Waals surface area (Å²) < 4.78 is 47.5. The lowest BCUT2D eigenvalue weighted by molar-refractivity contribution is 0.143. The fraction of sp³-hybridized carbons (Fsp3) is 0.333. The second-order valence-corrected chi connectivity index (χ2v) is 8.95. The fourth-order valence-electron chi connectivity index (χ4n) is 1.76. The molecule has 1 unspecified atom stereocenters. The Labute approximate surface area is 115 Å². The van der Waals surface area contributed by atoms with Gasteiger partial charge in [0.15, 0.2) is 0 Å². The van der Waals surface area contributed by atoms with Crippen LogP contribution < -0.4 is 5.14 Å². The highest BCUT2D eigenvalue weighted by Crippen LogP contribution is 2.39. The van der Waals surface area contributed by atoms with Crippen molar-refractivity contribution in [1.29, 1.82) is 0 Å². The SMILES string of the molecule is C=CCN1CC(O)c2cc(S(N)(=O)=O)sc2S1(=O)=O. The van der Waals surface area contributed by atoms with Gasteiger partial charge in [-0.15, -0.1) is 17.9 Å². The van der Waals surface area contributed by atoms with Crippen molar-refractivity contribution in [3.63, 3.8) is 0 Å². The smallest absolute Gasteiger partial charge is 0.253 e. The molecule has 1 aromatic heterocycles. The van der Waals surface area contributed by atoms with Crippen molar-refractivity contribution in [1.82, 2.24) is 4.31 Å². The number of hydrogen-bond donors (Lipinski definition) is 2. The number of sulfonamides is 2. The van der Waals surface area contributed by atoms with E-state index in [1.54, 1.807) is 0 Å². The molecule has 0 bridgehead atoms. The Morgan fingerprint density at radius 1 is 1.63 bits per heavy atom. The highest BCUT2D eigenvalue weighted by atomic mass is 32.3. The monoisotopic (exact) mass is 324 g/mol. The minimum atomic E-state index is -4.00. The lowest BCUT2D eigenvalue weighted by Gasteiger charge is -2.28. The summed E-state index contributed by atoms with van der Waals surface area (Å²) in [6.07, 6.45) is 0.314. The third kappa shape index (κ3) is 2.47. The number of aliphatic hydroxyl groups is 1. The molecule has 0 spiro atoms. The zero-order valence-electron chi connectivity index (χ0n) is 9.68. The van der Waals surface area contributed by atoms with Gasteiger partial charge >= 0.3 is 0 Å². The van der Waals surface area contributed by atoms with E-state index in [1.807, 2.05) is 0 Å². The zero-order chi connectivity index (χ0) is 14.4. The first kappa shape index (κ1) is 14.6. The van der Waals surface area contributed by atoms with Crippen LogP contribution in [-0.4, -0.2) is 39.3 Å². The average molecular weight is 324 g/mol. The van der Waals surface area contributed by atoms with E-state index in [0.29, 0.717) is 11.3 Å². The van der Waals surface area contributed by atoms with Crippen molar-refractivity contribution in [2.75, 3.05) is 13.1 Å². The lowest BCUT2D eigenvalue weighted by atomic mass is 10.2. The van der Waals surface area contributed by atoms with E-state index in [-0.39, 0.29) is 27.1 Å². The molecule has 7 nitrogen and oxygen atoms in total. The van der Waals surface area contributed by atoms with E-state index in [2.05, 4.69) is 6.58 Å². The van der Waals surface area contributed by atoms with E-state index >= 15 is 0 Å². The van der Waals surface area contributed by atoms with Gasteiger partial charge in [-0.05, 0) is 6.07 Å². The Morgan fingerprint density at radius 3 is 2.79 bits per heavy atom. The standard InChI is InChI=1S/C9H12N2O5S3/c1-2-3-11-5-7(12)6-4-8(18(10,13)14)17-9(6)19(11,15)16/h2,4,7,12H,1,3,5H2,(H2,10,13,14). The van der Waals surface area contributed by atoms with Crippen LogP contribution in [0.15, 0.2) is 27.1 Å². The molecule has 2 heterocycles. The van der Waals surface area contributed by atoms with Crippen LogP contribution in [0.1, 0.15) is 11.7 Å². The largest absolute Gasteiger partial charge is 0.387 e. The molecule has 0 amide bonds. The van der Waals surface area contributed by atoms with Gasteiger partial charge in [0.05, 0.1) is 6.10 Å². The van der Waals surface area contributed by atoms with Gasteiger partial charge in [-0.2, -0.15) is 4.31 Å². The molecule has 3 N–H and O–H groups in total. The molecule has 0 aliphatic carbocycles. The first-order valence-electron chi connectivity index (χ1n) is 5.13. The summed E-state index contributed by atoms with van der Waals surface area (Å²) in [5, 5.41) is 14.9. The van der Waals surface area contributed by atoms with Crippen molar-refractivity contribution in [2.24, 2.45) is 5.14 Å². The molecule has 1 aliphatic rings. The van der Waals surface area contributed by atoms with Crippen molar-refractivity contribution in [2.45, 2.75) is 14.5 Å². The summed E-state index contributed by atoms with van der Waals surface area (Å²) in [6.45, 7) is 3.35. The number of thiophene rings is 1. The predicted octanol–water partition coefficient (Wildman–Crippen LogP) is -0.381. The van der Waals surface area contributed by atoms with E-state index in [4.69, 9.17) is 5.14 Å². The van der Waals surface area contributed by atoms with Crippen LogP contribution in [0.4, 0.5) is 0 Å². The molecular weight excluding hydrogens is 312 g/mol. The van der Waals surface area contributed by atoms with Crippen molar-refractivity contribution >= 4 is 31.4 Å². The van der Waals surface area contributed by atoms with Gasteiger partial charge in [-0.3, -0.25) is 0 Å². The van der Waals surface area contributed by atoms with Gasteiger partial charge in [0, 0.05) is 18.7 Å². The minimum absolute atomic E-state index is 0.0431. The van der Waals surface area contributed by atoms with E-state index in [0.717, 1.165) is 10.4 Å². The molecule has 2 rings (SSSR count). The van der Waals surface area contributed by atoms with Crippen LogP contribution in [0, 0.1) is 0 Å². The predicted molar refractivity (Wildman–Crippen MR) is 69.6 cm³/mol. The molecule has 0 saturated heterocycles. The van der Waals surface area contributed by atoms with Crippen LogP contribution in [0.3, 0.4) is 0 Å². The third-order valence-corrected chi connectivity index (χ3v) is 7.56. The Morgan fingerprint density at radius 2 is 2.26 bits per heavy atom. The lowest BCUT2D eigenvalue weighted by Crippen LogP contribution is -2.38. The van der Waals surface area contributed by atoms with Crippen molar-refractivity contribution in [3.05, 3.63) is 24.3 Å². The zero-order valence-corrected chi connectivity index (χ0v) is 12.1. The number of nitrogens with two attached hydrogens (primary N) is 1. The second-order valence-electron chi connectivity index (χ2n) is 3.98. The number of β-amino-alcohol motifs (C(OH)–C–C–N with tert-alkyl or cyclic N) is 1. The fourth-order valence-corrected chi connectivity index (χ4v) is 5.98. The molecule has 0 fully saturated rings. The Balaban J connectivity index is 2.63. The Kier molecular flexibility index (Phi) is 3.58. The maximum absolute atomic E-state index is 12.2. The van der Waals surface area contributed by atoms with Gasteiger partial charge in [0.1, 0.15) is 8.42 Å². The van der Waals surface area contributed by atoms with Crippen LogP contribution >= 0.6 is 11.3 Å². The summed E-state index contributed by atoms with van der Waals surface area (Å²) in [5.41, 5.74) is 0.0781. The van der Waals surface area contributed by atoms with Gasteiger partial charge in [-0.25, -0.2) is 22.0 Å². The summed E-state index contributed by atoms with van der Waals surface area (Å²) in [4.78, 5) is 0. The number of nitrogens with zero attached hydrogens (tertiary/aromatic N) is 1. The second kappa shape index (κ2) is 4.65. The summed E-state index contributed by atoms with van der Waals surface area (Å²) in [5.74, 6) is 0. The van der Waals surface area contributed by atoms with Crippen LogP contribution in [0.5, 0.6) is 0 Å². The van der Waals surface area contributed by atoms with Crippen LogP contribution in [0.25, 0.3) is 0 Å². The highest BCUT2D eigenvalue weighted by Gasteiger charge is 2.38. The topological polar surface area (TPSA) is 118 Å². The minimum Gasteiger partial charge on any atom is -0.387 e. The molecule has 0 radical (unpaired) electrons. The van der Waals surface area contributed by atoms with E-state index < -0.39 is 26.2 Å². The third-order valence-electron chi connectivity index (χ3n) is 2.63. The molecule has 0 saturated carbocycles. The Bertz CT molecular complexity index is 719. The molecule has 1 aromatic rings. The normalized spacial score (nSPS) is 22.9. The highest BCUT2D eigenvalue weighted by molar-refractivity contribution is 7.94. The molecular formula is C9H12N2O5S3. The molecule has 0 aromatic carbocycles. The average Bonchev–Trinajstić information content (AvgIpc) is 2.72.